The Morgan fingerprint density at radius 1 is 1.21 bits per heavy atom. The topological polar surface area (TPSA) is 101 Å². The van der Waals surface area contributed by atoms with E-state index in [1.54, 1.807) is 38.3 Å². The third-order valence-electron chi connectivity index (χ3n) is 3.66. The van der Waals surface area contributed by atoms with Gasteiger partial charge in [0.05, 0.1) is 19.9 Å². The van der Waals surface area contributed by atoms with E-state index in [0.717, 1.165) is 0 Å². The quantitative estimate of drug-likeness (QED) is 0.650. The molecule has 0 amide bonds. The first kappa shape index (κ1) is 15.7. The summed E-state index contributed by atoms with van der Waals surface area (Å²) in [5.41, 5.74) is 0.601. The van der Waals surface area contributed by atoms with E-state index in [1.807, 2.05) is 0 Å². The highest BCUT2D eigenvalue weighted by atomic mass is 16.5. The van der Waals surface area contributed by atoms with Crippen molar-refractivity contribution in [3.63, 3.8) is 0 Å². The van der Waals surface area contributed by atoms with Crippen LogP contribution in [0.1, 0.15) is 13.0 Å². The zero-order valence-corrected chi connectivity index (χ0v) is 13.3. The number of methoxy groups -OCH3 is 2. The van der Waals surface area contributed by atoms with Crippen LogP contribution in [-0.2, 0) is 9.53 Å². The molecule has 24 heavy (non-hydrogen) atoms. The summed E-state index contributed by atoms with van der Waals surface area (Å²) in [4.78, 5) is 28.4. The predicted molar refractivity (Wildman–Crippen MR) is 84.2 cm³/mol. The van der Waals surface area contributed by atoms with Crippen molar-refractivity contribution in [3.8, 4) is 11.4 Å². The van der Waals surface area contributed by atoms with Gasteiger partial charge in [-0.15, -0.1) is 5.10 Å². The average Bonchev–Trinajstić information content (AvgIpc) is 3.06. The second-order valence-corrected chi connectivity index (χ2v) is 5.03. The Hall–Kier alpha value is -3.23. The number of aromatic nitrogens is 5. The first-order chi connectivity index (χ1) is 11.6. The lowest BCUT2D eigenvalue weighted by atomic mass is 10.3. The fraction of sp³-hybridized carbons (Fsp3) is 0.267. The van der Waals surface area contributed by atoms with Crippen LogP contribution in [0.3, 0.4) is 0 Å². The molecule has 0 saturated heterocycles. The van der Waals surface area contributed by atoms with Crippen molar-refractivity contribution in [3.05, 3.63) is 40.9 Å². The number of esters is 1. The zero-order chi connectivity index (χ0) is 17.3. The fourth-order valence-electron chi connectivity index (χ4n) is 2.28. The van der Waals surface area contributed by atoms with Gasteiger partial charge in [0.1, 0.15) is 18.1 Å². The smallest absolute Gasteiger partial charge is 0.328 e. The van der Waals surface area contributed by atoms with Crippen molar-refractivity contribution in [2.24, 2.45) is 0 Å². The van der Waals surface area contributed by atoms with Crippen molar-refractivity contribution in [2.45, 2.75) is 13.0 Å². The minimum Gasteiger partial charge on any atom is -0.497 e. The predicted octanol–water partition coefficient (Wildman–Crippen LogP) is 0.720. The lowest BCUT2D eigenvalue weighted by Crippen LogP contribution is -2.29. The number of benzene rings is 1. The molecule has 1 aromatic carbocycles. The van der Waals surface area contributed by atoms with E-state index < -0.39 is 17.6 Å². The molecule has 0 fully saturated rings. The highest BCUT2D eigenvalue weighted by molar-refractivity contribution is 5.75. The molecule has 9 nitrogen and oxygen atoms in total. The number of rotatable bonds is 4. The number of hydrogen-bond acceptors (Lipinski definition) is 7. The molecule has 0 aliphatic carbocycles. The zero-order valence-electron chi connectivity index (χ0n) is 13.3. The van der Waals surface area contributed by atoms with Crippen molar-refractivity contribution < 1.29 is 14.3 Å². The minimum absolute atomic E-state index is 0.0732. The van der Waals surface area contributed by atoms with E-state index >= 15 is 0 Å². The van der Waals surface area contributed by atoms with E-state index in [0.29, 0.717) is 17.1 Å². The molecule has 0 spiro atoms. The van der Waals surface area contributed by atoms with Crippen LogP contribution >= 0.6 is 0 Å². The van der Waals surface area contributed by atoms with Gasteiger partial charge < -0.3 is 9.47 Å². The lowest BCUT2D eigenvalue weighted by Gasteiger charge is -2.11. The van der Waals surface area contributed by atoms with Gasteiger partial charge in [-0.05, 0) is 31.2 Å². The SMILES string of the molecule is COC(=O)[C@H](C)n1cnc2c(nnn2-c2ccc(OC)cc2)c1=O. The summed E-state index contributed by atoms with van der Waals surface area (Å²) < 4.78 is 12.4. The Kier molecular flexibility index (Phi) is 3.98. The second kappa shape index (κ2) is 6.11. The Morgan fingerprint density at radius 2 is 1.92 bits per heavy atom. The standard InChI is InChI=1S/C15H15N5O4/c1-9(15(22)24-3)19-8-16-13-12(14(19)21)17-18-20(13)10-4-6-11(23-2)7-5-10/h4-9H,1-3H3/t9-/m0/s1. The van der Waals surface area contributed by atoms with Gasteiger partial charge in [0.25, 0.3) is 5.56 Å². The number of carbonyl (C=O) groups is 1. The molecule has 0 aliphatic rings. The molecule has 2 heterocycles. The van der Waals surface area contributed by atoms with Crippen LogP contribution in [-0.4, -0.2) is 44.7 Å². The van der Waals surface area contributed by atoms with E-state index in [2.05, 4.69) is 20.0 Å². The Bertz CT molecular complexity index is 945. The molecule has 0 aliphatic heterocycles. The molecule has 0 radical (unpaired) electrons. The molecule has 0 bridgehead atoms. The van der Waals surface area contributed by atoms with Crippen LogP contribution in [0.15, 0.2) is 35.4 Å². The van der Waals surface area contributed by atoms with Crippen LogP contribution in [0, 0.1) is 0 Å². The number of hydrogen-bond donors (Lipinski definition) is 0. The first-order valence-electron chi connectivity index (χ1n) is 7.11. The number of nitrogens with zero attached hydrogens (tertiary/aromatic N) is 5. The summed E-state index contributed by atoms with van der Waals surface area (Å²) in [6, 6.07) is 6.28. The van der Waals surface area contributed by atoms with E-state index in [9.17, 15) is 9.59 Å². The van der Waals surface area contributed by atoms with Gasteiger partial charge in [-0.2, -0.15) is 4.68 Å². The van der Waals surface area contributed by atoms with Gasteiger partial charge >= 0.3 is 5.97 Å². The normalized spacial score (nSPS) is 12.1. The molecule has 2 aromatic heterocycles. The van der Waals surface area contributed by atoms with Crippen molar-refractivity contribution in [2.75, 3.05) is 14.2 Å². The summed E-state index contributed by atoms with van der Waals surface area (Å²) >= 11 is 0. The molecular weight excluding hydrogens is 314 g/mol. The average molecular weight is 329 g/mol. The highest BCUT2D eigenvalue weighted by Gasteiger charge is 2.20. The Labute approximate surface area is 136 Å². The molecule has 0 unspecified atom stereocenters. The molecule has 0 N–H and O–H groups in total. The first-order valence-corrected chi connectivity index (χ1v) is 7.11. The molecule has 3 aromatic rings. The summed E-state index contributed by atoms with van der Waals surface area (Å²) in [7, 11) is 2.84. The summed E-state index contributed by atoms with van der Waals surface area (Å²) in [5.74, 6) is 0.159. The summed E-state index contributed by atoms with van der Waals surface area (Å²) in [5, 5.41) is 7.88. The van der Waals surface area contributed by atoms with E-state index in [4.69, 9.17) is 4.74 Å². The van der Waals surface area contributed by atoms with Crippen molar-refractivity contribution in [1.29, 1.82) is 0 Å². The molecule has 124 valence electrons. The molecule has 1 atom stereocenters. The van der Waals surface area contributed by atoms with Crippen LogP contribution in [0.25, 0.3) is 16.9 Å². The van der Waals surface area contributed by atoms with Gasteiger partial charge in [-0.3, -0.25) is 9.36 Å². The van der Waals surface area contributed by atoms with E-state index in [-0.39, 0.29) is 5.52 Å². The Morgan fingerprint density at radius 3 is 2.54 bits per heavy atom. The highest BCUT2D eigenvalue weighted by Crippen LogP contribution is 2.17. The van der Waals surface area contributed by atoms with Crippen LogP contribution in [0.2, 0.25) is 0 Å². The van der Waals surface area contributed by atoms with E-state index in [1.165, 1.54) is 22.7 Å². The lowest BCUT2D eigenvalue weighted by molar-refractivity contribution is -0.144. The maximum absolute atomic E-state index is 12.5. The number of ether oxygens (including phenoxy) is 2. The maximum Gasteiger partial charge on any atom is 0.328 e. The Balaban J connectivity index is 2.09. The fourth-order valence-corrected chi connectivity index (χ4v) is 2.28. The van der Waals surface area contributed by atoms with Crippen molar-refractivity contribution >= 4 is 17.1 Å². The third kappa shape index (κ3) is 2.49. The van der Waals surface area contributed by atoms with Gasteiger partial charge in [0.15, 0.2) is 11.2 Å². The second-order valence-electron chi connectivity index (χ2n) is 5.03. The van der Waals surface area contributed by atoms with Crippen molar-refractivity contribution in [1.82, 2.24) is 24.5 Å². The maximum atomic E-state index is 12.5. The molecule has 3 rings (SSSR count). The van der Waals surface area contributed by atoms with Gasteiger partial charge in [0, 0.05) is 0 Å². The van der Waals surface area contributed by atoms with Crippen LogP contribution in [0.5, 0.6) is 5.75 Å². The monoisotopic (exact) mass is 329 g/mol. The molecular formula is C15H15N5O4. The molecule has 9 heteroatoms. The van der Waals surface area contributed by atoms with Gasteiger partial charge in [-0.25, -0.2) is 9.78 Å². The minimum atomic E-state index is -0.800. The van der Waals surface area contributed by atoms with Gasteiger partial charge in [0.2, 0.25) is 0 Å². The van der Waals surface area contributed by atoms with Gasteiger partial charge in [-0.1, -0.05) is 5.21 Å². The molecule has 0 saturated carbocycles. The van der Waals surface area contributed by atoms with Crippen LogP contribution < -0.4 is 10.3 Å². The number of carbonyl (C=O) groups excluding carboxylic acids is 1. The summed E-state index contributed by atoms with van der Waals surface area (Å²) in [6.45, 7) is 1.55. The largest absolute Gasteiger partial charge is 0.497 e. The van der Waals surface area contributed by atoms with Crippen LogP contribution in [0.4, 0.5) is 0 Å². The number of fused-ring (bicyclic) bond motifs is 1. The summed E-state index contributed by atoms with van der Waals surface area (Å²) in [6.07, 6.45) is 1.29. The third-order valence-corrected chi connectivity index (χ3v) is 3.66.